The molecule has 0 spiro atoms. The lowest BCUT2D eigenvalue weighted by Crippen LogP contribution is -2.25. The van der Waals surface area contributed by atoms with E-state index in [1.54, 1.807) is 42.5 Å². The molecule has 1 aliphatic heterocycles. The first-order valence-corrected chi connectivity index (χ1v) is 11.7. The van der Waals surface area contributed by atoms with E-state index in [9.17, 15) is 23.9 Å². The largest absolute Gasteiger partial charge is 0.733 e. The van der Waals surface area contributed by atoms with Crippen molar-refractivity contribution in [1.29, 1.82) is 0 Å². The molecule has 1 saturated heterocycles. The Hall–Kier alpha value is -2.83. The van der Waals surface area contributed by atoms with Crippen LogP contribution in [0, 0.1) is 12.1 Å². The molecule has 0 saturated carbocycles. The van der Waals surface area contributed by atoms with E-state index in [1.807, 2.05) is 11.8 Å². The molecule has 32 heavy (non-hydrogen) atoms. The van der Waals surface area contributed by atoms with E-state index in [2.05, 4.69) is 10.1 Å². The van der Waals surface area contributed by atoms with E-state index >= 15 is 0 Å². The average Bonchev–Trinajstić information content (AvgIpc) is 3.34. The Balaban J connectivity index is 1.53. The van der Waals surface area contributed by atoms with E-state index in [1.165, 1.54) is 6.07 Å². The minimum atomic E-state index is -3.64. The fourth-order valence-corrected chi connectivity index (χ4v) is 5.00. The van der Waals surface area contributed by atoms with Gasteiger partial charge in [0.25, 0.3) is 0 Å². The quantitative estimate of drug-likeness (QED) is 0.505. The minimum Gasteiger partial charge on any atom is -0.733 e. The molecule has 1 fully saturated rings. The van der Waals surface area contributed by atoms with Crippen molar-refractivity contribution in [3.05, 3.63) is 76.6 Å². The van der Waals surface area contributed by atoms with Crippen LogP contribution >= 0.6 is 0 Å². The van der Waals surface area contributed by atoms with E-state index in [0.717, 1.165) is 5.56 Å². The van der Waals surface area contributed by atoms with Crippen molar-refractivity contribution in [2.24, 2.45) is 0 Å². The summed E-state index contributed by atoms with van der Waals surface area (Å²) in [5.74, 6) is -0.188. The van der Waals surface area contributed by atoms with Gasteiger partial charge in [-0.15, -0.1) is 0 Å². The molecule has 0 bridgehead atoms. The van der Waals surface area contributed by atoms with E-state index in [-0.39, 0.29) is 34.1 Å². The fraction of sp³-hybridized carbons (Fsp3) is 0.333. The van der Waals surface area contributed by atoms with Crippen LogP contribution in [-0.4, -0.2) is 46.4 Å². The SMILES string of the molecule is Cc1ccc(S(=O)(=O)Cc2noc([C@@H]3C[C@@H](O)CN3Cc3ccccc3N([O-])O)n2)cc1. The molecule has 10 nitrogen and oxygen atoms in total. The second-order valence-corrected chi connectivity index (χ2v) is 9.85. The van der Waals surface area contributed by atoms with Gasteiger partial charge in [-0.3, -0.25) is 10.1 Å². The van der Waals surface area contributed by atoms with Crippen molar-refractivity contribution < 1.29 is 23.3 Å². The van der Waals surface area contributed by atoms with Gasteiger partial charge in [0.15, 0.2) is 15.7 Å². The molecule has 170 valence electrons. The number of para-hydroxylation sites is 1. The summed E-state index contributed by atoms with van der Waals surface area (Å²) in [5, 5.41) is 34.6. The van der Waals surface area contributed by atoms with Gasteiger partial charge in [-0.25, -0.2) is 8.42 Å². The molecule has 0 aliphatic carbocycles. The first-order valence-electron chi connectivity index (χ1n) is 10.0. The van der Waals surface area contributed by atoms with Crippen molar-refractivity contribution in [2.75, 3.05) is 11.8 Å². The number of hydrogen-bond acceptors (Lipinski definition) is 10. The number of rotatable bonds is 7. The van der Waals surface area contributed by atoms with E-state index in [4.69, 9.17) is 4.52 Å². The third-order valence-corrected chi connectivity index (χ3v) is 7.05. The van der Waals surface area contributed by atoms with Gasteiger partial charge >= 0.3 is 0 Å². The van der Waals surface area contributed by atoms with Crippen molar-refractivity contribution >= 4 is 15.5 Å². The number of sulfone groups is 1. The first kappa shape index (κ1) is 22.4. The minimum absolute atomic E-state index is 0.0309. The predicted octanol–water partition coefficient (Wildman–Crippen LogP) is 2.35. The van der Waals surface area contributed by atoms with Crippen molar-refractivity contribution in [3.63, 3.8) is 0 Å². The lowest BCUT2D eigenvalue weighted by Gasteiger charge is -2.27. The number of nitrogens with zero attached hydrogens (tertiary/aromatic N) is 4. The summed E-state index contributed by atoms with van der Waals surface area (Å²) < 4.78 is 30.7. The van der Waals surface area contributed by atoms with Gasteiger partial charge in [0.05, 0.1) is 22.7 Å². The number of aliphatic hydroxyl groups excluding tert-OH is 1. The lowest BCUT2D eigenvalue weighted by atomic mass is 10.1. The normalized spacial score (nSPS) is 19.4. The van der Waals surface area contributed by atoms with Crippen LogP contribution in [0.2, 0.25) is 0 Å². The number of aliphatic hydroxyl groups is 1. The highest BCUT2D eigenvalue weighted by molar-refractivity contribution is 7.90. The van der Waals surface area contributed by atoms with Crippen LogP contribution < -0.4 is 5.23 Å². The Morgan fingerprint density at radius 1 is 1.22 bits per heavy atom. The zero-order chi connectivity index (χ0) is 22.9. The van der Waals surface area contributed by atoms with E-state index < -0.39 is 27.7 Å². The molecular weight excluding hydrogens is 436 g/mol. The van der Waals surface area contributed by atoms with Gasteiger partial charge in [0, 0.05) is 13.1 Å². The Morgan fingerprint density at radius 2 is 1.94 bits per heavy atom. The van der Waals surface area contributed by atoms with Gasteiger partial charge in [-0.2, -0.15) is 4.98 Å². The lowest BCUT2D eigenvalue weighted by molar-refractivity contribution is 0.169. The zero-order valence-electron chi connectivity index (χ0n) is 17.3. The molecule has 1 aliphatic rings. The highest BCUT2D eigenvalue weighted by Crippen LogP contribution is 2.34. The summed E-state index contributed by atoms with van der Waals surface area (Å²) in [5.41, 5.74) is 1.61. The molecule has 1 aromatic heterocycles. The standard InChI is InChI=1S/C21H23N4O6S/c1-14-6-8-17(9-7-14)32(29,30)13-20-22-21(31-23-20)19-10-16(26)12-24(19)11-15-4-2-3-5-18(15)25(27)28/h2-9,16,19,26-27H,10-13H2,1H3/q-1/t16-,19+/m1/s1. The third kappa shape index (κ3) is 4.81. The van der Waals surface area contributed by atoms with Crippen LogP contribution in [0.25, 0.3) is 0 Å². The second-order valence-electron chi connectivity index (χ2n) is 7.86. The summed E-state index contributed by atoms with van der Waals surface area (Å²) in [6, 6.07) is 12.6. The van der Waals surface area contributed by atoms with Crippen molar-refractivity contribution in [3.8, 4) is 0 Å². The molecule has 2 heterocycles. The van der Waals surface area contributed by atoms with Crippen LogP contribution in [0.15, 0.2) is 57.9 Å². The van der Waals surface area contributed by atoms with Gasteiger partial charge < -0.3 is 20.1 Å². The number of β-amino-alcohol motifs (C(OH)–C–C–N with tert-alkyl or cyclic N) is 1. The van der Waals surface area contributed by atoms with Crippen LogP contribution in [0.1, 0.15) is 35.3 Å². The van der Waals surface area contributed by atoms with Crippen LogP contribution in [-0.2, 0) is 22.1 Å². The van der Waals surface area contributed by atoms with Gasteiger partial charge in [-0.05, 0) is 37.1 Å². The number of anilines is 1. The second kappa shape index (κ2) is 8.96. The number of likely N-dealkylation sites (tertiary alicyclic amines) is 1. The summed E-state index contributed by atoms with van der Waals surface area (Å²) in [6.07, 6.45) is -0.342. The molecule has 4 rings (SSSR count). The zero-order valence-corrected chi connectivity index (χ0v) is 18.1. The predicted molar refractivity (Wildman–Crippen MR) is 114 cm³/mol. The Morgan fingerprint density at radius 3 is 2.66 bits per heavy atom. The summed E-state index contributed by atoms with van der Waals surface area (Å²) in [4.78, 5) is 6.30. The number of benzene rings is 2. The number of hydrogen-bond donors (Lipinski definition) is 2. The maximum absolute atomic E-state index is 12.7. The maximum atomic E-state index is 12.7. The average molecular weight is 460 g/mol. The van der Waals surface area contributed by atoms with E-state index in [0.29, 0.717) is 18.5 Å². The molecular formula is C21H23N4O6S-. The van der Waals surface area contributed by atoms with Gasteiger partial charge in [0.2, 0.25) is 5.89 Å². The summed E-state index contributed by atoms with van der Waals surface area (Å²) in [6.45, 7) is 2.41. The van der Waals surface area contributed by atoms with Gasteiger partial charge in [0.1, 0.15) is 5.75 Å². The molecule has 2 atom stereocenters. The number of aromatic nitrogens is 2. The fourth-order valence-electron chi connectivity index (χ4n) is 3.82. The first-order chi connectivity index (χ1) is 15.2. The highest BCUT2D eigenvalue weighted by atomic mass is 32.2. The molecule has 0 radical (unpaired) electrons. The third-order valence-electron chi connectivity index (χ3n) is 5.42. The number of aryl methyl sites for hydroxylation is 1. The topological polar surface area (TPSA) is 143 Å². The summed E-state index contributed by atoms with van der Waals surface area (Å²) >= 11 is 0. The maximum Gasteiger partial charge on any atom is 0.244 e. The monoisotopic (exact) mass is 459 g/mol. The molecule has 2 N–H and O–H groups in total. The molecule has 2 aromatic carbocycles. The Bertz CT molecular complexity index is 1180. The Kier molecular flexibility index (Phi) is 6.26. The smallest absolute Gasteiger partial charge is 0.244 e. The molecule has 0 amide bonds. The van der Waals surface area contributed by atoms with Crippen molar-refractivity contribution in [2.45, 2.75) is 42.7 Å². The molecule has 0 unspecified atom stereocenters. The molecule has 3 aromatic rings. The van der Waals surface area contributed by atoms with Crippen LogP contribution in [0.4, 0.5) is 5.69 Å². The van der Waals surface area contributed by atoms with Gasteiger partial charge in [-0.1, -0.05) is 41.1 Å². The molecule has 11 heteroatoms. The Labute approximate surface area is 185 Å². The summed E-state index contributed by atoms with van der Waals surface area (Å²) in [7, 11) is -3.64. The highest BCUT2D eigenvalue weighted by Gasteiger charge is 2.36. The van der Waals surface area contributed by atoms with Crippen LogP contribution in [0.3, 0.4) is 0 Å². The van der Waals surface area contributed by atoms with Crippen LogP contribution in [0.5, 0.6) is 0 Å². The van der Waals surface area contributed by atoms with Crippen molar-refractivity contribution in [1.82, 2.24) is 15.0 Å².